The van der Waals surface area contributed by atoms with Crippen LogP contribution in [0.5, 0.6) is 0 Å². The van der Waals surface area contributed by atoms with Gasteiger partial charge in [0.2, 0.25) is 5.95 Å². The van der Waals surface area contributed by atoms with Gasteiger partial charge in [0, 0.05) is 31.7 Å². The molecule has 0 radical (unpaired) electrons. The van der Waals surface area contributed by atoms with Crippen molar-refractivity contribution in [1.29, 1.82) is 0 Å². The van der Waals surface area contributed by atoms with Crippen molar-refractivity contribution in [2.45, 2.75) is 0 Å². The van der Waals surface area contributed by atoms with E-state index in [0.717, 1.165) is 30.0 Å². The van der Waals surface area contributed by atoms with E-state index in [2.05, 4.69) is 20.0 Å². The van der Waals surface area contributed by atoms with Gasteiger partial charge < -0.3 is 15.4 Å². The lowest BCUT2D eigenvalue weighted by Crippen LogP contribution is -2.37. The van der Waals surface area contributed by atoms with E-state index < -0.39 is 0 Å². The fraction of sp³-hybridized carbons (Fsp3) is 0.286. The number of rotatable bonds is 2. The molecular formula is C14H15N7O. The number of aromatic nitrogens is 5. The van der Waals surface area contributed by atoms with E-state index in [9.17, 15) is 0 Å². The molecule has 8 nitrogen and oxygen atoms in total. The fourth-order valence-corrected chi connectivity index (χ4v) is 2.50. The monoisotopic (exact) mass is 297 g/mol. The van der Waals surface area contributed by atoms with Gasteiger partial charge in [-0.25, -0.2) is 19.5 Å². The third-order valence-electron chi connectivity index (χ3n) is 3.61. The number of fused-ring (bicyclic) bond motifs is 1. The average Bonchev–Trinajstić information content (AvgIpc) is 3.04. The summed E-state index contributed by atoms with van der Waals surface area (Å²) in [6.45, 7) is 3.04. The van der Waals surface area contributed by atoms with Crippen molar-refractivity contribution < 1.29 is 4.74 Å². The number of hydrogen-bond acceptors (Lipinski definition) is 7. The Balaban J connectivity index is 1.84. The van der Waals surface area contributed by atoms with Crippen molar-refractivity contribution in [3.63, 3.8) is 0 Å². The molecule has 112 valence electrons. The Morgan fingerprint density at radius 1 is 1.14 bits per heavy atom. The van der Waals surface area contributed by atoms with Gasteiger partial charge in [0.25, 0.3) is 0 Å². The molecular weight excluding hydrogens is 282 g/mol. The van der Waals surface area contributed by atoms with E-state index in [0.29, 0.717) is 19.0 Å². The highest BCUT2D eigenvalue weighted by molar-refractivity contribution is 5.71. The number of nitrogens with two attached hydrogens (primary N) is 1. The SMILES string of the molecule is Nc1ncc(-c2nc(N3CCOCC3)c3cccn3n2)cn1. The summed E-state index contributed by atoms with van der Waals surface area (Å²) in [6.07, 6.45) is 5.18. The van der Waals surface area contributed by atoms with Crippen molar-refractivity contribution >= 4 is 17.3 Å². The van der Waals surface area contributed by atoms with Crippen molar-refractivity contribution in [2.24, 2.45) is 0 Å². The van der Waals surface area contributed by atoms with Crippen LogP contribution in [0.4, 0.5) is 11.8 Å². The number of ether oxygens (including phenoxy) is 1. The van der Waals surface area contributed by atoms with Gasteiger partial charge in [-0.15, -0.1) is 5.10 Å². The number of hydrogen-bond donors (Lipinski definition) is 1. The smallest absolute Gasteiger partial charge is 0.219 e. The number of nitrogen functional groups attached to an aromatic ring is 1. The van der Waals surface area contributed by atoms with E-state index in [1.807, 2.05) is 22.8 Å². The van der Waals surface area contributed by atoms with Gasteiger partial charge in [-0.05, 0) is 12.1 Å². The Kier molecular flexibility index (Phi) is 3.08. The lowest BCUT2D eigenvalue weighted by molar-refractivity contribution is 0.122. The van der Waals surface area contributed by atoms with Gasteiger partial charge in [-0.1, -0.05) is 0 Å². The summed E-state index contributed by atoms with van der Waals surface area (Å²) in [5, 5.41) is 4.52. The van der Waals surface area contributed by atoms with Crippen LogP contribution in [-0.4, -0.2) is 50.9 Å². The molecule has 0 amide bonds. The largest absolute Gasteiger partial charge is 0.378 e. The van der Waals surface area contributed by atoms with Crippen LogP contribution in [0, 0.1) is 0 Å². The van der Waals surface area contributed by atoms with E-state index in [1.165, 1.54) is 0 Å². The van der Waals surface area contributed by atoms with Crippen LogP contribution in [0.15, 0.2) is 30.7 Å². The fourth-order valence-electron chi connectivity index (χ4n) is 2.50. The molecule has 3 aromatic rings. The number of nitrogens with zero attached hydrogens (tertiary/aromatic N) is 6. The van der Waals surface area contributed by atoms with Crippen LogP contribution >= 0.6 is 0 Å². The zero-order valence-electron chi connectivity index (χ0n) is 11.9. The minimum Gasteiger partial charge on any atom is -0.378 e. The molecule has 3 aromatic heterocycles. The molecule has 2 N–H and O–H groups in total. The second-order valence-corrected chi connectivity index (χ2v) is 5.03. The summed E-state index contributed by atoms with van der Waals surface area (Å²) < 4.78 is 7.24. The Bertz CT molecular complexity index is 793. The lowest BCUT2D eigenvalue weighted by Gasteiger charge is -2.28. The van der Waals surface area contributed by atoms with Gasteiger partial charge in [0.15, 0.2) is 11.6 Å². The minimum absolute atomic E-state index is 0.235. The van der Waals surface area contributed by atoms with Crippen LogP contribution < -0.4 is 10.6 Å². The molecule has 22 heavy (non-hydrogen) atoms. The molecule has 8 heteroatoms. The van der Waals surface area contributed by atoms with Gasteiger partial charge in [-0.3, -0.25) is 0 Å². The van der Waals surface area contributed by atoms with E-state index >= 15 is 0 Å². The zero-order valence-corrected chi connectivity index (χ0v) is 11.9. The molecule has 4 rings (SSSR count). The minimum atomic E-state index is 0.235. The Labute approximate surface area is 126 Å². The van der Waals surface area contributed by atoms with E-state index in [4.69, 9.17) is 15.5 Å². The number of morpholine rings is 1. The third-order valence-corrected chi connectivity index (χ3v) is 3.61. The van der Waals surface area contributed by atoms with Crippen LogP contribution in [0.25, 0.3) is 16.9 Å². The molecule has 0 aliphatic carbocycles. The summed E-state index contributed by atoms with van der Waals surface area (Å²) >= 11 is 0. The summed E-state index contributed by atoms with van der Waals surface area (Å²) in [7, 11) is 0. The van der Waals surface area contributed by atoms with Crippen LogP contribution in [-0.2, 0) is 4.74 Å². The molecule has 1 saturated heterocycles. The first-order chi connectivity index (χ1) is 10.8. The second kappa shape index (κ2) is 5.23. The first kappa shape index (κ1) is 13.0. The Hall–Kier alpha value is -2.74. The summed E-state index contributed by atoms with van der Waals surface area (Å²) in [5.74, 6) is 1.71. The van der Waals surface area contributed by atoms with E-state index in [-0.39, 0.29) is 5.95 Å². The van der Waals surface area contributed by atoms with Gasteiger partial charge in [-0.2, -0.15) is 0 Å². The first-order valence-electron chi connectivity index (χ1n) is 7.07. The topological polar surface area (TPSA) is 94.5 Å². The summed E-state index contributed by atoms with van der Waals surface area (Å²) in [4.78, 5) is 14.9. The summed E-state index contributed by atoms with van der Waals surface area (Å²) in [6, 6.07) is 3.96. The first-order valence-corrected chi connectivity index (χ1v) is 7.07. The Morgan fingerprint density at radius 2 is 1.91 bits per heavy atom. The van der Waals surface area contributed by atoms with Crippen molar-refractivity contribution in [2.75, 3.05) is 36.9 Å². The van der Waals surface area contributed by atoms with Crippen LogP contribution in [0.1, 0.15) is 0 Å². The van der Waals surface area contributed by atoms with Crippen molar-refractivity contribution in [3.05, 3.63) is 30.7 Å². The van der Waals surface area contributed by atoms with E-state index in [1.54, 1.807) is 12.4 Å². The third kappa shape index (κ3) is 2.23. The molecule has 0 bridgehead atoms. The molecule has 0 aromatic carbocycles. The van der Waals surface area contributed by atoms with Crippen LogP contribution in [0.2, 0.25) is 0 Å². The molecule has 0 unspecified atom stereocenters. The van der Waals surface area contributed by atoms with Gasteiger partial charge in [0.05, 0.1) is 18.8 Å². The Morgan fingerprint density at radius 3 is 2.68 bits per heavy atom. The highest BCUT2D eigenvalue weighted by Crippen LogP contribution is 2.23. The highest BCUT2D eigenvalue weighted by atomic mass is 16.5. The van der Waals surface area contributed by atoms with Crippen LogP contribution in [0.3, 0.4) is 0 Å². The predicted molar refractivity (Wildman–Crippen MR) is 81.5 cm³/mol. The predicted octanol–water partition coefficient (Wildman–Crippen LogP) is 0.605. The maximum absolute atomic E-state index is 5.54. The second-order valence-electron chi connectivity index (χ2n) is 5.03. The molecule has 0 spiro atoms. The standard InChI is InChI=1S/C14H15N7O/c15-14-16-8-10(9-17-14)12-18-13(20-4-6-22-7-5-20)11-2-1-3-21(11)19-12/h1-3,8-9H,4-7H2,(H2,15,16,17). The van der Waals surface area contributed by atoms with Crippen molar-refractivity contribution in [3.8, 4) is 11.4 Å². The highest BCUT2D eigenvalue weighted by Gasteiger charge is 2.18. The zero-order chi connectivity index (χ0) is 14.9. The lowest BCUT2D eigenvalue weighted by atomic mass is 10.3. The maximum Gasteiger partial charge on any atom is 0.219 e. The molecule has 4 heterocycles. The molecule has 1 aliphatic rings. The maximum atomic E-state index is 5.54. The normalized spacial score (nSPS) is 15.4. The average molecular weight is 297 g/mol. The van der Waals surface area contributed by atoms with Crippen molar-refractivity contribution in [1.82, 2.24) is 24.6 Å². The van der Waals surface area contributed by atoms with Gasteiger partial charge >= 0.3 is 0 Å². The number of anilines is 2. The molecule has 0 saturated carbocycles. The molecule has 0 atom stereocenters. The summed E-state index contributed by atoms with van der Waals surface area (Å²) in [5.41, 5.74) is 7.24. The molecule has 1 fully saturated rings. The molecule has 1 aliphatic heterocycles. The van der Waals surface area contributed by atoms with Gasteiger partial charge in [0.1, 0.15) is 5.52 Å². The quantitative estimate of drug-likeness (QED) is 0.740.